The number of aryl methyl sites for hydroxylation is 1. The van der Waals surface area contributed by atoms with Gasteiger partial charge in [-0.1, -0.05) is 6.08 Å². The van der Waals surface area contributed by atoms with Crippen molar-refractivity contribution in [3.05, 3.63) is 35.4 Å². The van der Waals surface area contributed by atoms with E-state index < -0.39 is 5.95 Å². The van der Waals surface area contributed by atoms with Gasteiger partial charge in [-0.2, -0.15) is 4.39 Å². The first kappa shape index (κ1) is 8.59. The van der Waals surface area contributed by atoms with Crippen molar-refractivity contribution in [1.29, 1.82) is 0 Å². The van der Waals surface area contributed by atoms with Crippen molar-refractivity contribution in [2.24, 2.45) is 0 Å². The number of aromatic nitrogens is 1. The highest BCUT2D eigenvalue weighted by Gasteiger charge is 1.96. The summed E-state index contributed by atoms with van der Waals surface area (Å²) in [6.07, 6.45) is 4.95. The van der Waals surface area contributed by atoms with Gasteiger partial charge in [-0.15, -0.1) is 0 Å². The van der Waals surface area contributed by atoms with Crippen LogP contribution < -0.4 is 0 Å². The summed E-state index contributed by atoms with van der Waals surface area (Å²) in [6.45, 7) is 1.80. The number of nitrogens with zero attached hydrogens (tertiary/aromatic N) is 1. The summed E-state index contributed by atoms with van der Waals surface area (Å²) in [7, 11) is 0. The zero-order valence-corrected chi connectivity index (χ0v) is 6.62. The fourth-order valence-corrected chi connectivity index (χ4v) is 0.835. The highest BCUT2D eigenvalue weighted by molar-refractivity contribution is 5.74. The van der Waals surface area contributed by atoms with Crippen LogP contribution in [0.4, 0.5) is 4.39 Å². The number of aldehydes is 1. The molecule has 0 fully saturated rings. The van der Waals surface area contributed by atoms with Gasteiger partial charge in [0.1, 0.15) is 6.29 Å². The van der Waals surface area contributed by atoms with E-state index in [-0.39, 0.29) is 0 Å². The lowest BCUT2D eigenvalue weighted by atomic mass is 10.1. The molecule has 0 bridgehead atoms. The summed E-state index contributed by atoms with van der Waals surface area (Å²) < 4.78 is 12.5. The van der Waals surface area contributed by atoms with Gasteiger partial charge in [0, 0.05) is 12.3 Å². The van der Waals surface area contributed by atoms with Crippen LogP contribution in [0.3, 0.4) is 0 Å². The normalized spacial score (nSPS) is 10.5. The van der Waals surface area contributed by atoms with Crippen molar-refractivity contribution in [3.63, 3.8) is 0 Å². The van der Waals surface area contributed by atoms with Gasteiger partial charge in [-0.05, 0) is 24.1 Å². The lowest BCUT2D eigenvalue weighted by Crippen LogP contribution is -1.87. The summed E-state index contributed by atoms with van der Waals surface area (Å²) in [5.41, 5.74) is 1.52. The molecule has 0 aliphatic heterocycles. The van der Waals surface area contributed by atoms with E-state index in [0.717, 1.165) is 5.56 Å². The standard InChI is InChI=1S/C9H8FNO/c1-7-6-11-9(10)5-8(7)3-2-4-12/h2-6H,1H3. The summed E-state index contributed by atoms with van der Waals surface area (Å²) in [4.78, 5) is 13.4. The Labute approximate surface area is 69.7 Å². The van der Waals surface area contributed by atoms with Crippen LogP contribution in [-0.4, -0.2) is 11.3 Å². The molecule has 0 radical (unpaired) electrons. The predicted molar refractivity (Wildman–Crippen MR) is 44.0 cm³/mol. The smallest absolute Gasteiger partial charge is 0.213 e. The molecule has 0 aliphatic carbocycles. The van der Waals surface area contributed by atoms with Crippen LogP contribution in [0.15, 0.2) is 18.3 Å². The third kappa shape index (κ3) is 1.99. The largest absolute Gasteiger partial charge is 0.299 e. The van der Waals surface area contributed by atoms with E-state index in [9.17, 15) is 9.18 Å². The zero-order valence-electron chi connectivity index (χ0n) is 6.62. The van der Waals surface area contributed by atoms with E-state index in [0.29, 0.717) is 11.8 Å². The van der Waals surface area contributed by atoms with Crippen molar-refractivity contribution in [2.45, 2.75) is 6.92 Å². The van der Waals surface area contributed by atoms with Crippen molar-refractivity contribution < 1.29 is 9.18 Å². The first-order valence-electron chi connectivity index (χ1n) is 3.48. The molecule has 0 unspecified atom stereocenters. The molecule has 1 rings (SSSR count). The van der Waals surface area contributed by atoms with Crippen molar-refractivity contribution >= 4 is 12.4 Å². The molecule has 62 valence electrons. The van der Waals surface area contributed by atoms with Crippen molar-refractivity contribution in [2.75, 3.05) is 0 Å². The van der Waals surface area contributed by atoms with Crippen LogP contribution in [0.5, 0.6) is 0 Å². The van der Waals surface area contributed by atoms with Crippen molar-refractivity contribution in [3.8, 4) is 0 Å². The average molecular weight is 165 g/mol. The first-order chi connectivity index (χ1) is 5.74. The number of rotatable bonds is 2. The molecule has 0 aliphatic rings. The minimum absolute atomic E-state index is 0.536. The van der Waals surface area contributed by atoms with Crippen LogP contribution >= 0.6 is 0 Å². The van der Waals surface area contributed by atoms with Gasteiger partial charge in [0.05, 0.1) is 0 Å². The molecule has 0 amide bonds. The van der Waals surface area contributed by atoms with E-state index in [1.807, 2.05) is 0 Å². The summed E-state index contributed by atoms with van der Waals surface area (Å²) in [5.74, 6) is -0.536. The van der Waals surface area contributed by atoms with E-state index >= 15 is 0 Å². The van der Waals surface area contributed by atoms with Gasteiger partial charge < -0.3 is 0 Å². The van der Waals surface area contributed by atoms with Crippen LogP contribution in [0, 0.1) is 12.9 Å². The number of halogens is 1. The Morgan fingerprint density at radius 3 is 3.00 bits per heavy atom. The average Bonchev–Trinajstić information content (AvgIpc) is 2.07. The molecule has 0 saturated heterocycles. The molecule has 1 aromatic rings. The number of pyridine rings is 1. The molecule has 0 N–H and O–H groups in total. The molecule has 1 aromatic heterocycles. The van der Waals surface area contributed by atoms with Gasteiger partial charge in [-0.3, -0.25) is 4.79 Å². The maximum atomic E-state index is 12.5. The third-order valence-corrected chi connectivity index (χ3v) is 1.47. The molecule has 12 heavy (non-hydrogen) atoms. The number of carbonyl (C=O) groups excluding carboxylic acids is 1. The highest BCUT2D eigenvalue weighted by Crippen LogP contribution is 2.08. The molecule has 0 atom stereocenters. The lowest BCUT2D eigenvalue weighted by Gasteiger charge is -1.97. The van der Waals surface area contributed by atoms with Gasteiger partial charge >= 0.3 is 0 Å². The molecule has 3 heteroatoms. The number of hydrogen-bond donors (Lipinski definition) is 0. The van der Waals surface area contributed by atoms with E-state index in [4.69, 9.17) is 0 Å². The van der Waals surface area contributed by atoms with E-state index in [1.54, 1.807) is 13.0 Å². The predicted octanol–water partition coefficient (Wildman–Crippen LogP) is 1.74. The Hall–Kier alpha value is -1.51. The van der Waals surface area contributed by atoms with Gasteiger partial charge in [0.15, 0.2) is 0 Å². The summed E-state index contributed by atoms with van der Waals surface area (Å²) in [5, 5.41) is 0. The van der Waals surface area contributed by atoms with Crippen LogP contribution in [0.25, 0.3) is 6.08 Å². The van der Waals surface area contributed by atoms with Crippen molar-refractivity contribution in [1.82, 2.24) is 4.98 Å². The summed E-state index contributed by atoms with van der Waals surface area (Å²) >= 11 is 0. The molecular formula is C9H8FNO. The first-order valence-corrected chi connectivity index (χ1v) is 3.48. The maximum Gasteiger partial charge on any atom is 0.213 e. The number of hydrogen-bond acceptors (Lipinski definition) is 2. The molecular weight excluding hydrogens is 157 g/mol. The second-order valence-electron chi connectivity index (χ2n) is 2.36. The van der Waals surface area contributed by atoms with E-state index in [1.165, 1.54) is 18.3 Å². The fraction of sp³-hybridized carbons (Fsp3) is 0.111. The van der Waals surface area contributed by atoms with Gasteiger partial charge in [0.2, 0.25) is 5.95 Å². The second-order valence-corrected chi connectivity index (χ2v) is 2.36. The van der Waals surface area contributed by atoms with Gasteiger partial charge in [0.25, 0.3) is 0 Å². The van der Waals surface area contributed by atoms with Gasteiger partial charge in [-0.25, -0.2) is 4.98 Å². The quantitative estimate of drug-likeness (QED) is 0.379. The van der Waals surface area contributed by atoms with Crippen LogP contribution in [0.1, 0.15) is 11.1 Å². The van der Waals surface area contributed by atoms with E-state index in [2.05, 4.69) is 4.98 Å². The van der Waals surface area contributed by atoms with Crippen LogP contribution in [-0.2, 0) is 4.79 Å². The molecule has 2 nitrogen and oxygen atoms in total. The third-order valence-electron chi connectivity index (χ3n) is 1.47. The lowest BCUT2D eigenvalue weighted by molar-refractivity contribution is -0.104. The minimum Gasteiger partial charge on any atom is -0.299 e. The Morgan fingerprint density at radius 1 is 1.58 bits per heavy atom. The number of carbonyl (C=O) groups is 1. The molecule has 0 saturated carbocycles. The molecule has 1 heterocycles. The topological polar surface area (TPSA) is 30.0 Å². The monoisotopic (exact) mass is 165 g/mol. The molecule has 0 spiro atoms. The Bertz CT molecular complexity index is 320. The fourth-order valence-electron chi connectivity index (χ4n) is 0.835. The highest BCUT2D eigenvalue weighted by atomic mass is 19.1. The Morgan fingerprint density at radius 2 is 2.33 bits per heavy atom. The number of allylic oxidation sites excluding steroid dienone is 1. The Kier molecular flexibility index (Phi) is 2.69. The summed E-state index contributed by atoms with van der Waals surface area (Å²) in [6, 6.07) is 1.29. The molecule has 0 aromatic carbocycles. The second kappa shape index (κ2) is 3.76. The minimum atomic E-state index is -0.536. The Balaban J connectivity index is 3.04. The SMILES string of the molecule is Cc1cnc(F)cc1C=CC=O. The maximum absolute atomic E-state index is 12.5. The zero-order chi connectivity index (χ0) is 8.97. The van der Waals surface area contributed by atoms with Crippen LogP contribution in [0.2, 0.25) is 0 Å².